The van der Waals surface area contributed by atoms with Crippen LogP contribution in [-0.4, -0.2) is 0 Å². The Kier molecular flexibility index (Phi) is 4.87. The van der Waals surface area contributed by atoms with Crippen molar-refractivity contribution in [1.29, 1.82) is 0 Å². The second kappa shape index (κ2) is 6.41. The van der Waals surface area contributed by atoms with Crippen LogP contribution in [-0.2, 0) is 0 Å². The SMILES string of the molecule is CC[C@H](N)c1ccccc1Sc1ccc(Br)cc1. The van der Waals surface area contributed by atoms with Gasteiger partial charge in [-0.15, -0.1) is 0 Å². The van der Waals surface area contributed by atoms with Crippen LogP contribution in [0.1, 0.15) is 24.9 Å². The summed E-state index contributed by atoms with van der Waals surface area (Å²) in [7, 11) is 0. The topological polar surface area (TPSA) is 26.0 Å². The van der Waals surface area contributed by atoms with Gasteiger partial charge in [0.05, 0.1) is 0 Å². The third kappa shape index (κ3) is 3.37. The van der Waals surface area contributed by atoms with E-state index in [4.69, 9.17) is 5.73 Å². The van der Waals surface area contributed by atoms with E-state index in [0.29, 0.717) is 0 Å². The molecule has 3 heteroatoms. The fraction of sp³-hybridized carbons (Fsp3) is 0.200. The molecular formula is C15H16BrNS. The molecule has 0 aliphatic rings. The number of rotatable bonds is 4. The summed E-state index contributed by atoms with van der Waals surface area (Å²) in [5.41, 5.74) is 7.38. The number of nitrogens with two attached hydrogens (primary N) is 1. The van der Waals surface area contributed by atoms with Gasteiger partial charge in [-0.2, -0.15) is 0 Å². The molecule has 1 nitrogen and oxygen atoms in total. The molecule has 2 N–H and O–H groups in total. The average Bonchev–Trinajstić information content (AvgIpc) is 2.41. The van der Waals surface area contributed by atoms with E-state index < -0.39 is 0 Å². The summed E-state index contributed by atoms with van der Waals surface area (Å²) in [5, 5.41) is 0. The van der Waals surface area contributed by atoms with Gasteiger partial charge in [-0.3, -0.25) is 0 Å². The molecule has 1 atom stereocenters. The van der Waals surface area contributed by atoms with E-state index in [0.717, 1.165) is 10.9 Å². The number of hydrogen-bond acceptors (Lipinski definition) is 2. The monoisotopic (exact) mass is 321 g/mol. The highest BCUT2D eigenvalue weighted by molar-refractivity contribution is 9.10. The van der Waals surface area contributed by atoms with Gasteiger partial charge in [-0.05, 0) is 42.3 Å². The predicted octanol–water partition coefficient (Wildman–Crippen LogP) is 5.01. The molecule has 0 aliphatic heterocycles. The first-order valence-corrected chi connectivity index (χ1v) is 7.59. The molecule has 2 aromatic carbocycles. The van der Waals surface area contributed by atoms with Crippen LogP contribution in [0.2, 0.25) is 0 Å². The Hall–Kier alpha value is -0.770. The second-order valence-electron chi connectivity index (χ2n) is 4.11. The lowest BCUT2D eigenvalue weighted by Gasteiger charge is -2.14. The Morgan fingerprint density at radius 2 is 1.78 bits per heavy atom. The largest absolute Gasteiger partial charge is 0.324 e. The molecule has 0 fully saturated rings. The quantitative estimate of drug-likeness (QED) is 0.856. The van der Waals surface area contributed by atoms with E-state index in [1.807, 2.05) is 0 Å². The Balaban J connectivity index is 2.26. The molecule has 94 valence electrons. The minimum absolute atomic E-state index is 0.115. The molecule has 2 aromatic rings. The fourth-order valence-corrected chi connectivity index (χ4v) is 3.00. The van der Waals surface area contributed by atoms with Gasteiger partial charge in [0.15, 0.2) is 0 Å². The summed E-state index contributed by atoms with van der Waals surface area (Å²) in [6.07, 6.45) is 0.956. The maximum absolute atomic E-state index is 6.15. The van der Waals surface area contributed by atoms with E-state index in [1.54, 1.807) is 11.8 Å². The highest BCUT2D eigenvalue weighted by atomic mass is 79.9. The van der Waals surface area contributed by atoms with Crippen LogP contribution in [0.4, 0.5) is 0 Å². The van der Waals surface area contributed by atoms with Crippen LogP contribution in [0.5, 0.6) is 0 Å². The molecule has 0 aromatic heterocycles. The summed E-state index contributed by atoms with van der Waals surface area (Å²) in [4.78, 5) is 2.48. The summed E-state index contributed by atoms with van der Waals surface area (Å²) in [6.45, 7) is 2.12. The van der Waals surface area contributed by atoms with Gasteiger partial charge in [0, 0.05) is 20.3 Å². The Morgan fingerprint density at radius 3 is 2.44 bits per heavy atom. The molecule has 0 bridgehead atoms. The molecule has 0 saturated carbocycles. The summed E-state index contributed by atoms with van der Waals surface area (Å²) >= 11 is 5.22. The molecule has 0 unspecified atom stereocenters. The summed E-state index contributed by atoms with van der Waals surface area (Å²) in [6, 6.07) is 16.8. The zero-order valence-corrected chi connectivity index (χ0v) is 12.7. The zero-order valence-electron chi connectivity index (χ0n) is 10.3. The lowest BCUT2D eigenvalue weighted by molar-refractivity contribution is 0.685. The van der Waals surface area contributed by atoms with Crippen molar-refractivity contribution in [2.75, 3.05) is 0 Å². The van der Waals surface area contributed by atoms with Gasteiger partial charge in [0.1, 0.15) is 0 Å². The Morgan fingerprint density at radius 1 is 1.11 bits per heavy atom. The smallest absolute Gasteiger partial charge is 0.0303 e. The van der Waals surface area contributed by atoms with Crippen LogP contribution >= 0.6 is 27.7 Å². The molecule has 0 saturated heterocycles. The third-order valence-electron chi connectivity index (χ3n) is 2.80. The van der Waals surface area contributed by atoms with Crippen LogP contribution in [0.15, 0.2) is 62.8 Å². The molecule has 0 aliphatic carbocycles. The van der Waals surface area contributed by atoms with Gasteiger partial charge in [-0.25, -0.2) is 0 Å². The first-order chi connectivity index (χ1) is 8.70. The Bertz CT molecular complexity index is 510. The lowest BCUT2D eigenvalue weighted by atomic mass is 10.1. The fourth-order valence-electron chi connectivity index (χ4n) is 1.73. The van der Waals surface area contributed by atoms with Gasteiger partial charge in [0.2, 0.25) is 0 Å². The van der Waals surface area contributed by atoms with Crippen molar-refractivity contribution < 1.29 is 0 Å². The standard InChI is InChI=1S/C15H16BrNS/c1-2-14(17)13-5-3-4-6-15(13)18-12-9-7-11(16)8-10-12/h3-10,14H,2,17H2,1H3/t14-/m0/s1. The van der Waals surface area contributed by atoms with Crippen molar-refractivity contribution in [2.45, 2.75) is 29.2 Å². The van der Waals surface area contributed by atoms with E-state index in [1.165, 1.54) is 15.4 Å². The number of benzene rings is 2. The summed E-state index contributed by atoms with van der Waals surface area (Å²) < 4.78 is 1.10. The van der Waals surface area contributed by atoms with Crippen molar-refractivity contribution in [2.24, 2.45) is 5.73 Å². The zero-order chi connectivity index (χ0) is 13.0. The predicted molar refractivity (Wildman–Crippen MR) is 81.9 cm³/mol. The van der Waals surface area contributed by atoms with E-state index in [-0.39, 0.29) is 6.04 Å². The van der Waals surface area contributed by atoms with Crippen LogP contribution in [0, 0.1) is 0 Å². The number of halogens is 1. The first kappa shape index (κ1) is 13.7. The maximum Gasteiger partial charge on any atom is 0.0303 e. The van der Waals surface area contributed by atoms with E-state index >= 15 is 0 Å². The molecule has 0 spiro atoms. The van der Waals surface area contributed by atoms with Crippen molar-refractivity contribution in [3.63, 3.8) is 0 Å². The van der Waals surface area contributed by atoms with Crippen LogP contribution < -0.4 is 5.73 Å². The van der Waals surface area contributed by atoms with Crippen molar-refractivity contribution in [3.05, 3.63) is 58.6 Å². The minimum atomic E-state index is 0.115. The van der Waals surface area contributed by atoms with Crippen molar-refractivity contribution in [1.82, 2.24) is 0 Å². The molecule has 18 heavy (non-hydrogen) atoms. The van der Waals surface area contributed by atoms with Gasteiger partial charge < -0.3 is 5.73 Å². The third-order valence-corrected chi connectivity index (χ3v) is 4.43. The lowest BCUT2D eigenvalue weighted by Crippen LogP contribution is -2.09. The number of hydrogen-bond donors (Lipinski definition) is 1. The second-order valence-corrected chi connectivity index (χ2v) is 6.14. The normalized spacial score (nSPS) is 12.4. The van der Waals surface area contributed by atoms with Gasteiger partial charge >= 0.3 is 0 Å². The average molecular weight is 322 g/mol. The maximum atomic E-state index is 6.15. The van der Waals surface area contributed by atoms with Crippen molar-refractivity contribution in [3.8, 4) is 0 Å². The van der Waals surface area contributed by atoms with E-state index in [2.05, 4.69) is 71.4 Å². The summed E-state index contributed by atoms with van der Waals surface area (Å²) in [5.74, 6) is 0. The highest BCUT2D eigenvalue weighted by Crippen LogP contribution is 2.33. The van der Waals surface area contributed by atoms with Crippen LogP contribution in [0.25, 0.3) is 0 Å². The van der Waals surface area contributed by atoms with Crippen molar-refractivity contribution >= 4 is 27.7 Å². The van der Waals surface area contributed by atoms with E-state index in [9.17, 15) is 0 Å². The highest BCUT2D eigenvalue weighted by Gasteiger charge is 2.09. The molecule has 0 amide bonds. The molecule has 2 rings (SSSR count). The minimum Gasteiger partial charge on any atom is -0.324 e. The molecular weight excluding hydrogens is 306 g/mol. The Labute approximate surface area is 121 Å². The van der Waals surface area contributed by atoms with Crippen LogP contribution in [0.3, 0.4) is 0 Å². The molecule has 0 radical (unpaired) electrons. The van der Waals surface area contributed by atoms with Gasteiger partial charge in [-0.1, -0.05) is 52.8 Å². The molecule has 0 heterocycles. The first-order valence-electron chi connectivity index (χ1n) is 5.98. The van der Waals surface area contributed by atoms with Gasteiger partial charge in [0.25, 0.3) is 0 Å².